The molecule has 8 nitrogen and oxygen atoms in total. The Kier molecular flexibility index (Phi) is 6.70. The summed E-state index contributed by atoms with van der Waals surface area (Å²) in [7, 11) is 0. The van der Waals surface area contributed by atoms with Gasteiger partial charge >= 0.3 is 5.97 Å². The predicted molar refractivity (Wildman–Crippen MR) is 130 cm³/mol. The summed E-state index contributed by atoms with van der Waals surface area (Å²) in [6.45, 7) is 5.37. The molecule has 0 unspecified atom stereocenters. The molecular weight excluding hydrogens is 454 g/mol. The zero-order chi connectivity index (χ0) is 24.1. The van der Waals surface area contributed by atoms with Crippen LogP contribution in [0.4, 0.5) is 5.82 Å². The van der Waals surface area contributed by atoms with Crippen molar-refractivity contribution in [3.05, 3.63) is 83.8 Å². The normalized spacial score (nSPS) is 11.8. The minimum atomic E-state index is -0.699. The highest BCUT2D eigenvalue weighted by atomic mass is 35.5. The average molecular weight is 476 g/mol. The first-order valence-corrected chi connectivity index (χ1v) is 10.8. The Morgan fingerprint density at radius 2 is 1.88 bits per heavy atom. The maximum atomic E-state index is 13.0. The van der Waals surface area contributed by atoms with E-state index in [0.717, 1.165) is 5.56 Å². The number of rotatable bonds is 6. The van der Waals surface area contributed by atoms with Crippen molar-refractivity contribution < 1.29 is 13.9 Å². The SMILES string of the molecule is CC(C)(C)OC(=O)/C(=C/c1ccco1)Nc1ncc(-c2ccccc2)nc1-c1cnnc(Cl)c1. The Morgan fingerprint density at radius 1 is 1.09 bits per heavy atom. The largest absolute Gasteiger partial charge is 0.465 e. The van der Waals surface area contributed by atoms with Gasteiger partial charge in [0.1, 0.15) is 22.8 Å². The van der Waals surface area contributed by atoms with Gasteiger partial charge in [-0.15, -0.1) is 5.10 Å². The first-order valence-electron chi connectivity index (χ1n) is 10.5. The van der Waals surface area contributed by atoms with Gasteiger partial charge in [0.15, 0.2) is 11.0 Å². The van der Waals surface area contributed by atoms with Crippen LogP contribution in [-0.2, 0) is 9.53 Å². The molecule has 3 heterocycles. The van der Waals surface area contributed by atoms with Crippen LogP contribution >= 0.6 is 11.6 Å². The molecule has 0 aliphatic heterocycles. The molecule has 0 fully saturated rings. The Hall–Kier alpha value is -4.04. The molecule has 0 bridgehead atoms. The molecule has 1 aromatic carbocycles. The Morgan fingerprint density at radius 3 is 2.56 bits per heavy atom. The van der Waals surface area contributed by atoms with Gasteiger partial charge < -0.3 is 14.5 Å². The quantitative estimate of drug-likeness (QED) is 0.282. The van der Waals surface area contributed by atoms with E-state index in [1.54, 1.807) is 51.2 Å². The van der Waals surface area contributed by atoms with Gasteiger partial charge in [0.25, 0.3) is 0 Å². The Labute approximate surface area is 201 Å². The first-order chi connectivity index (χ1) is 16.3. The molecule has 0 aliphatic rings. The minimum Gasteiger partial charge on any atom is -0.465 e. The van der Waals surface area contributed by atoms with Crippen LogP contribution in [-0.4, -0.2) is 31.7 Å². The van der Waals surface area contributed by atoms with Gasteiger partial charge in [-0.05, 0) is 39.0 Å². The lowest BCUT2D eigenvalue weighted by molar-refractivity contribution is -0.149. The molecule has 0 radical (unpaired) electrons. The highest BCUT2D eigenvalue weighted by Crippen LogP contribution is 2.29. The third-order valence-corrected chi connectivity index (χ3v) is 4.63. The number of nitrogens with zero attached hydrogens (tertiary/aromatic N) is 4. The number of carbonyl (C=O) groups excluding carboxylic acids is 1. The van der Waals surface area contributed by atoms with Crippen molar-refractivity contribution in [1.29, 1.82) is 0 Å². The van der Waals surface area contributed by atoms with Crippen LogP contribution in [0.5, 0.6) is 0 Å². The summed E-state index contributed by atoms with van der Waals surface area (Å²) >= 11 is 6.09. The van der Waals surface area contributed by atoms with Crippen LogP contribution in [0, 0.1) is 0 Å². The third-order valence-electron chi connectivity index (χ3n) is 4.44. The Balaban J connectivity index is 1.80. The van der Waals surface area contributed by atoms with Gasteiger partial charge in [-0.2, -0.15) is 5.10 Å². The standard InChI is InChI=1S/C25H22ClN5O3/c1-25(2,3)34-24(32)19(13-18-10-7-11-33-18)30-23-22(17-12-21(26)31-28-14-17)29-20(15-27-23)16-8-5-4-6-9-16/h4-15H,1-3H3,(H,27,30)/b19-13-. The fourth-order valence-electron chi connectivity index (χ4n) is 3.02. The molecule has 0 saturated carbocycles. The fourth-order valence-corrected chi connectivity index (χ4v) is 3.18. The van der Waals surface area contributed by atoms with E-state index in [9.17, 15) is 4.79 Å². The number of aromatic nitrogens is 4. The Bertz CT molecular complexity index is 1320. The number of nitrogens with one attached hydrogen (secondary N) is 1. The highest BCUT2D eigenvalue weighted by Gasteiger charge is 2.23. The zero-order valence-corrected chi connectivity index (χ0v) is 19.6. The van der Waals surface area contributed by atoms with Crippen molar-refractivity contribution in [3.63, 3.8) is 0 Å². The van der Waals surface area contributed by atoms with Crippen molar-refractivity contribution in [1.82, 2.24) is 20.2 Å². The molecule has 0 spiro atoms. The van der Waals surface area contributed by atoms with Crippen LogP contribution < -0.4 is 5.32 Å². The van der Waals surface area contributed by atoms with Crippen molar-refractivity contribution in [2.75, 3.05) is 5.32 Å². The van der Waals surface area contributed by atoms with Gasteiger partial charge in [0.05, 0.1) is 24.4 Å². The van der Waals surface area contributed by atoms with Gasteiger partial charge in [0, 0.05) is 17.2 Å². The van der Waals surface area contributed by atoms with Crippen LogP contribution in [0.1, 0.15) is 26.5 Å². The lowest BCUT2D eigenvalue weighted by atomic mass is 10.1. The molecule has 3 aromatic heterocycles. The van der Waals surface area contributed by atoms with Gasteiger partial charge in [0.2, 0.25) is 0 Å². The summed E-state index contributed by atoms with van der Waals surface area (Å²) in [4.78, 5) is 22.3. The number of anilines is 1. The summed E-state index contributed by atoms with van der Waals surface area (Å²) in [6, 6.07) is 14.7. The van der Waals surface area contributed by atoms with Crippen LogP contribution in [0.25, 0.3) is 28.6 Å². The number of hydrogen-bond donors (Lipinski definition) is 1. The van der Waals surface area contributed by atoms with Gasteiger partial charge in [-0.1, -0.05) is 41.9 Å². The summed E-state index contributed by atoms with van der Waals surface area (Å²) in [5.74, 6) is 0.208. The summed E-state index contributed by atoms with van der Waals surface area (Å²) in [5.41, 5.74) is 1.97. The second-order valence-electron chi connectivity index (χ2n) is 8.29. The van der Waals surface area contributed by atoms with E-state index in [2.05, 4.69) is 20.5 Å². The van der Waals surface area contributed by atoms with Crippen LogP contribution in [0.2, 0.25) is 5.15 Å². The summed E-state index contributed by atoms with van der Waals surface area (Å²) in [6.07, 6.45) is 6.21. The second kappa shape index (κ2) is 9.84. The van der Waals surface area contributed by atoms with Gasteiger partial charge in [-0.25, -0.2) is 14.8 Å². The molecule has 0 atom stereocenters. The van der Waals surface area contributed by atoms with E-state index in [1.807, 2.05) is 30.3 Å². The summed E-state index contributed by atoms with van der Waals surface area (Å²) in [5, 5.41) is 11.0. The van der Waals surface area contributed by atoms with Crippen molar-refractivity contribution >= 4 is 29.5 Å². The van der Waals surface area contributed by atoms with E-state index in [0.29, 0.717) is 28.5 Å². The highest BCUT2D eigenvalue weighted by molar-refractivity contribution is 6.29. The number of halogens is 1. The third kappa shape index (κ3) is 5.85. The fraction of sp³-hybridized carbons (Fsp3) is 0.160. The number of carbonyl (C=O) groups is 1. The molecular formula is C25H22ClN5O3. The van der Waals surface area contributed by atoms with Crippen molar-refractivity contribution in [3.8, 4) is 22.5 Å². The molecule has 4 rings (SSSR count). The lowest BCUT2D eigenvalue weighted by Crippen LogP contribution is -2.27. The number of furan rings is 1. The molecule has 0 amide bonds. The number of esters is 1. The van der Waals surface area contributed by atoms with E-state index >= 15 is 0 Å². The molecule has 0 aliphatic carbocycles. The van der Waals surface area contributed by atoms with Crippen LogP contribution in [0.3, 0.4) is 0 Å². The zero-order valence-electron chi connectivity index (χ0n) is 18.8. The van der Waals surface area contributed by atoms with E-state index in [4.69, 9.17) is 25.7 Å². The first kappa shape index (κ1) is 23.1. The van der Waals surface area contributed by atoms with Crippen molar-refractivity contribution in [2.45, 2.75) is 26.4 Å². The average Bonchev–Trinajstić information content (AvgIpc) is 3.31. The molecule has 9 heteroatoms. The van der Waals surface area contributed by atoms with Crippen LogP contribution in [0.15, 0.2) is 77.3 Å². The molecule has 172 valence electrons. The van der Waals surface area contributed by atoms with E-state index in [1.165, 1.54) is 12.5 Å². The second-order valence-corrected chi connectivity index (χ2v) is 8.67. The monoisotopic (exact) mass is 475 g/mol. The lowest BCUT2D eigenvalue weighted by Gasteiger charge is -2.21. The smallest absolute Gasteiger partial charge is 0.355 e. The summed E-state index contributed by atoms with van der Waals surface area (Å²) < 4.78 is 11.0. The maximum absolute atomic E-state index is 13.0. The topological polar surface area (TPSA) is 103 Å². The number of ether oxygens (including phenoxy) is 1. The van der Waals surface area contributed by atoms with E-state index < -0.39 is 11.6 Å². The molecule has 4 aromatic rings. The van der Waals surface area contributed by atoms with Crippen molar-refractivity contribution in [2.24, 2.45) is 0 Å². The number of hydrogen-bond acceptors (Lipinski definition) is 8. The molecule has 1 N–H and O–H groups in total. The van der Waals surface area contributed by atoms with E-state index in [-0.39, 0.29) is 10.9 Å². The predicted octanol–water partition coefficient (Wildman–Crippen LogP) is 5.64. The minimum absolute atomic E-state index is 0.126. The van der Waals surface area contributed by atoms with Gasteiger partial charge in [-0.3, -0.25) is 0 Å². The molecule has 34 heavy (non-hydrogen) atoms. The maximum Gasteiger partial charge on any atom is 0.355 e. The molecule has 0 saturated heterocycles. The number of benzene rings is 1.